The molecule has 1 atom stereocenters. The molecular weight excluding hydrogens is 291 g/mol. The Balaban J connectivity index is 2.56. The van der Waals surface area contributed by atoms with Gasteiger partial charge < -0.3 is 15.7 Å². The molecule has 1 aromatic carbocycles. The number of urea groups is 1. The second-order valence-electron chi connectivity index (χ2n) is 3.88. The maximum atomic E-state index is 11.6. The first-order valence-corrected chi connectivity index (χ1v) is 6.43. The lowest BCUT2D eigenvalue weighted by atomic mass is 10.1. The van der Waals surface area contributed by atoms with Crippen LogP contribution in [-0.2, 0) is 4.79 Å². The first-order chi connectivity index (χ1) is 8.95. The van der Waals surface area contributed by atoms with E-state index in [9.17, 15) is 9.59 Å². The molecule has 0 aromatic heterocycles. The molecule has 0 bridgehead atoms. The molecule has 1 aromatic rings. The van der Waals surface area contributed by atoms with Gasteiger partial charge in [0, 0.05) is 6.54 Å². The Morgan fingerprint density at radius 3 is 2.63 bits per heavy atom. The predicted octanol–water partition coefficient (Wildman–Crippen LogP) is 3.23. The van der Waals surface area contributed by atoms with Gasteiger partial charge in [-0.15, -0.1) is 0 Å². The second-order valence-corrected chi connectivity index (χ2v) is 4.66. The molecule has 0 aliphatic rings. The molecule has 3 N–H and O–H groups in total. The number of carboxylic acid groups (broad SMARTS) is 1. The van der Waals surface area contributed by atoms with E-state index in [1.54, 1.807) is 25.1 Å². The van der Waals surface area contributed by atoms with Gasteiger partial charge in [0.05, 0.1) is 21.7 Å². The van der Waals surface area contributed by atoms with Crippen molar-refractivity contribution in [3.05, 3.63) is 28.2 Å². The van der Waals surface area contributed by atoms with E-state index in [0.29, 0.717) is 17.1 Å². The lowest BCUT2D eigenvalue weighted by Crippen LogP contribution is -2.35. The molecule has 19 heavy (non-hydrogen) atoms. The number of benzene rings is 1. The van der Waals surface area contributed by atoms with Gasteiger partial charge in [-0.05, 0) is 18.6 Å². The number of amides is 2. The normalized spacial score (nSPS) is 11.7. The van der Waals surface area contributed by atoms with Crippen LogP contribution in [0.3, 0.4) is 0 Å². The average Bonchev–Trinajstić information content (AvgIpc) is 2.35. The van der Waals surface area contributed by atoms with Gasteiger partial charge in [-0.1, -0.05) is 36.2 Å². The SMILES string of the molecule is CCC(CNC(=O)Nc1cccc(Cl)c1Cl)C(=O)O. The molecule has 0 saturated carbocycles. The minimum Gasteiger partial charge on any atom is -0.481 e. The monoisotopic (exact) mass is 304 g/mol. The first-order valence-electron chi connectivity index (χ1n) is 5.67. The number of hydrogen-bond donors (Lipinski definition) is 3. The molecule has 7 heteroatoms. The van der Waals surface area contributed by atoms with Gasteiger partial charge in [0.25, 0.3) is 0 Å². The molecule has 1 unspecified atom stereocenters. The third-order valence-electron chi connectivity index (χ3n) is 2.55. The van der Waals surface area contributed by atoms with E-state index in [1.807, 2.05) is 0 Å². The largest absolute Gasteiger partial charge is 0.481 e. The Morgan fingerprint density at radius 2 is 2.05 bits per heavy atom. The van der Waals surface area contributed by atoms with E-state index < -0.39 is 17.9 Å². The van der Waals surface area contributed by atoms with Crippen LogP contribution in [0.15, 0.2) is 18.2 Å². The molecule has 0 radical (unpaired) electrons. The van der Waals surface area contributed by atoms with Crippen molar-refractivity contribution in [1.29, 1.82) is 0 Å². The number of nitrogens with one attached hydrogen (secondary N) is 2. The van der Waals surface area contributed by atoms with E-state index >= 15 is 0 Å². The number of anilines is 1. The predicted molar refractivity (Wildman–Crippen MR) is 74.9 cm³/mol. The topological polar surface area (TPSA) is 78.4 Å². The van der Waals surface area contributed by atoms with Gasteiger partial charge in [-0.2, -0.15) is 0 Å². The Kier molecular flexibility index (Phi) is 5.92. The van der Waals surface area contributed by atoms with Crippen molar-refractivity contribution < 1.29 is 14.7 Å². The van der Waals surface area contributed by atoms with Crippen molar-refractivity contribution in [2.24, 2.45) is 5.92 Å². The summed E-state index contributed by atoms with van der Waals surface area (Å²) in [5, 5.41) is 14.4. The van der Waals surface area contributed by atoms with Gasteiger partial charge in [0.1, 0.15) is 0 Å². The fraction of sp³-hybridized carbons (Fsp3) is 0.333. The summed E-state index contributed by atoms with van der Waals surface area (Å²) in [6, 6.07) is 4.33. The number of carboxylic acids is 1. The number of carbonyl (C=O) groups is 2. The zero-order chi connectivity index (χ0) is 14.4. The molecule has 0 aliphatic carbocycles. The maximum absolute atomic E-state index is 11.6. The summed E-state index contributed by atoms with van der Waals surface area (Å²) in [6.07, 6.45) is 0.438. The Labute approximate surface area is 120 Å². The number of hydrogen-bond acceptors (Lipinski definition) is 2. The highest BCUT2D eigenvalue weighted by Gasteiger charge is 2.16. The summed E-state index contributed by atoms with van der Waals surface area (Å²) in [5.41, 5.74) is 0.370. The fourth-order valence-electron chi connectivity index (χ4n) is 1.39. The number of halogens is 2. The molecule has 1 rings (SSSR count). The van der Waals surface area contributed by atoms with Gasteiger partial charge in [-0.3, -0.25) is 4.79 Å². The number of rotatable bonds is 5. The van der Waals surface area contributed by atoms with Gasteiger partial charge in [0.15, 0.2) is 0 Å². The molecule has 0 saturated heterocycles. The van der Waals surface area contributed by atoms with Crippen molar-refractivity contribution in [3.8, 4) is 0 Å². The third kappa shape index (κ3) is 4.61. The maximum Gasteiger partial charge on any atom is 0.319 e. The van der Waals surface area contributed by atoms with Crippen LogP contribution >= 0.6 is 23.2 Å². The van der Waals surface area contributed by atoms with Crippen LogP contribution in [0.1, 0.15) is 13.3 Å². The molecule has 0 aliphatic heterocycles. The van der Waals surface area contributed by atoms with Crippen LogP contribution < -0.4 is 10.6 Å². The van der Waals surface area contributed by atoms with E-state index in [4.69, 9.17) is 28.3 Å². The minimum absolute atomic E-state index is 0.0514. The summed E-state index contributed by atoms with van der Waals surface area (Å²) in [4.78, 5) is 22.4. The molecule has 0 spiro atoms. The molecule has 2 amide bonds. The van der Waals surface area contributed by atoms with Crippen LogP contribution in [0.2, 0.25) is 10.0 Å². The quantitative estimate of drug-likeness (QED) is 0.781. The van der Waals surface area contributed by atoms with E-state index in [2.05, 4.69) is 10.6 Å². The second kappa shape index (κ2) is 7.21. The van der Waals surface area contributed by atoms with Crippen LogP contribution in [-0.4, -0.2) is 23.7 Å². The van der Waals surface area contributed by atoms with E-state index in [0.717, 1.165) is 0 Å². The number of aliphatic carboxylic acids is 1. The number of carbonyl (C=O) groups excluding carboxylic acids is 1. The summed E-state index contributed by atoms with van der Waals surface area (Å²) in [7, 11) is 0. The molecule has 104 valence electrons. The van der Waals surface area contributed by atoms with Crippen LogP contribution in [0.4, 0.5) is 10.5 Å². The summed E-state index contributed by atoms with van der Waals surface area (Å²) in [6.45, 7) is 1.79. The van der Waals surface area contributed by atoms with Gasteiger partial charge in [0.2, 0.25) is 0 Å². The third-order valence-corrected chi connectivity index (χ3v) is 3.37. The smallest absolute Gasteiger partial charge is 0.319 e. The fourth-order valence-corrected chi connectivity index (χ4v) is 1.74. The lowest BCUT2D eigenvalue weighted by molar-refractivity contribution is -0.141. The van der Waals surface area contributed by atoms with Crippen molar-refractivity contribution >= 4 is 40.9 Å². The summed E-state index contributed by atoms with van der Waals surface area (Å²) in [5.74, 6) is -1.55. The Bertz CT molecular complexity index is 480. The summed E-state index contributed by atoms with van der Waals surface area (Å²) < 4.78 is 0. The van der Waals surface area contributed by atoms with Crippen molar-refractivity contribution in [2.75, 3.05) is 11.9 Å². The zero-order valence-corrected chi connectivity index (χ0v) is 11.8. The van der Waals surface area contributed by atoms with Crippen molar-refractivity contribution in [1.82, 2.24) is 5.32 Å². The molecular formula is C12H14Cl2N2O3. The highest BCUT2D eigenvalue weighted by molar-refractivity contribution is 6.43. The Hall–Kier alpha value is -1.46. The molecule has 0 heterocycles. The van der Waals surface area contributed by atoms with Crippen LogP contribution in [0.5, 0.6) is 0 Å². The van der Waals surface area contributed by atoms with Crippen molar-refractivity contribution in [2.45, 2.75) is 13.3 Å². The van der Waals surface area contributed by atoms with Gasteiger partial charge in [-0.25, -0.2) is 4.79 Å². The average molecular weight is 305 g/mol. The standard InChI is InChI=1S/C12H14Cl2N2O3/c1-2-7(11(17)18)6-15-12(19)16-9-5-3-4-8(13)10(9)14/h3-5,7H,2,6H2,1H3,(H,17,18)(H2,15,16,19). The lowest BCUT2D eigenvalue weighted by Gasteiger charge is -2.12. The van der Waals surface area contributed by atoms with E-state index in [-0.39, 0.29) is 11.6 Å². The van der Waals surface area contributed by atoms with Crippen LogP contribution in [0, 0.1) is 5.92 Å². The van der Waals surface area contributed by atoms with E-state index in [1.165, 1.54) is 0 Å². The molecule has 0 fully saturated rings. The van der Waals surface area contributed by atoms with Gasteiger partial charge >= 0.3 is 12.0 Å². The van der Waals surface area contributed by atoms with Crippen LogP contribution in [0.25, 0.3) is 0 Å². The minimum atomic E-state index is -0.941. The zero-order valence-electron chi connectivity index (χ0n) is 10.2. The Morgan fingerprint density at radius 1 is 1.37 bits per heavy atom. The highest BCUT2D eigenvalue weighted by atomic mass is 35.5. The highest BCUT2D eigenvalue weighted by Crippen LogP contribution is 2.29. The molecule has 5 nitrogen and oxygen atoms in total. The summed E-state index contributed by atoms with van der Waals surface area (Å²) >= 11 is 11.7. The first kappa shape index (κ1) is 15.6. The van der Waals surface area contributed by atoms with Crippen molar-refractivity contribution in [3.63, 3.8) is 0 Å².